The van der Waals surface area contributed by atoms with E-state index in [-0.39, 0.29) is 29.5 Å². The van der Waals surface area contributed by atoms with Crippen molar-refractivity contribution < 1.29 is 14.7 Å². The number of benzene rings is 1. The summed E-state index contributed by atoms with van der Waals surface area (Å²) in [6.07, 6.45) is 3.57. The number of rotatable bonds is 3. The minimum absolute atomic E-state index is 0.0201. The van der Waals surface area contributed by atoms with Gasteiger partial charge in [0.1, 0.15) is 5.75 Å². The quantitative estimate of drug-likeness (QED) is 0.886. The third kappa shape index (κ3) is 3.17. The summed E-state index contributed by atoms with van der Waals surface area (Å²) >= 11 is 0. The van der Waals surface area contributed by atoms with Crippen LogP contribution in [0.3, 0.4) is 0 Å². The number of piperidine rings is 1. The van der Waals surface area contributed by atoms with Gasteiger partial charge in [0, 0.05) is 25.0 Å². The van der Waals surface area contributed by atoms with Crippen molar-refractivity contribution in [2.75, 3.05) is 13.1 Å². The van der Waals surface area contributed by atoms with Crippen LogP contribution in [0, 0.1) is 5.92 Å². The number of para-hydroxylation sites is 1. The standard InChI is InChI=1S/C16H20N2O3/c19-14-4-2-1-3-13(14)16(21)18-9-7-12(8-10-18)17-15(20)11-5-6-11/h1-4,11-12,19H,5-10H2,(H,17,20). The number of phenols is 1. The van der Waals surface area contributed by atoms with Gasteiger partial charge >= 0.3 is 0 Å². The molecular weight excluding hydrogens is 268 g/mol. The highest BCUT2D eigenvalue weighted by Crippen LogP contribution is 2.29. The second-order valence-electron chi connectivity index (χ2n) is 5.87. The van der Waals surface area contributed by atoms with Gasteiger partial charge in [0.25, 0.3) is 5.91 Å². The van der Waals surface area contributed by atoms with Gasteiger partial charge < -0.3 is 15.3 Å². The van der Waals surface area contributed by atoms with Gasteiger partial charge in [-0.3, -0.25) is 9.59 Å². The number of likely N-dealkylation sites (tertiary alicyclic amines) is 1. The summed E-state index contributed by atoms with van der Waals surface area (Å²) in [6, 6.07) is 6.78. The Morgan fingerprint density at radius 2 is 1.76 bits per heavy atom. The molecule has 21 heavy (non-hydrogen) atoms. The largest absolute Gasteiger partial charge is 0.507 e. The summed E-state index contributed by atoms with van der Waals surface area (Å²) in [5.41, 5.74) is 0.345. The summed E-state index contributed by atoms with van der Waals surface area (Å²) in [5, 5.41) is 12.8. The number of hydrogen-bond donors (Lipinski definition) is 2. The molecule has 5 nitrogen and oxygen atoms in total. The summed E-state index contributed by atoms with van der Waals surface area (Å²) in [5.74, 6) is 0.276. The van der Waals surface area contributed by atoms with Crippen LogP contribution in [0.25, 0.3) is 0 Å². The van der Waals surface area contributed by atoms with Crippen molar-refractivity contribution in [1.29, 1.82) is 0 Å². The second-order valence-corrected chi connectivity index (χ2v) is 5.87. The van der Waals surface area contributed by atoms with Crippen molar-refractivity contribution in [2.45, 2.75) is 31.7 Å². The Balaban J connectivity index is 1.54. The van der Waals surface area contributed by atoms with Crippen LogP contribution in [0.15, 0.2) is 24.3 Å². The smallest absolute Gasteiger partial charge is 0.257 e. The maximum Gasteiger partial charge on any atom is 0.257 e. The highest BCUT2D eigenvalue weighted by atomic mass is 16.3. The zero-order chi connectivity index (χ0) is 14.8. The van der Waals surface area contributed by atoms with Gasteiger partial charge in [0.05, 0.1) is 5.56 Å². The number of carbonyl (C=O) groups excluding carboxylic acids is 2. The molecule has 1 aromatic carbocycles. The van der Waals surface area contributed by atoms with Gasteiger partial charge in [0.15, 0.2) is 0 Å². The molecule has 2 N–H and O–H groups in total. The number of phenolic OH excluding ortho intramolecular Hbond substituents is 1. The zero-order valence-corrected chi connectivity index (χ0v) is 11.9. The molecule has 2 aliphatic rings. The Bertz CT molecular complexity index is 546. The Morgan fingerprint density at radius 3 is 2.38 bits per heavy atom. The molecular formula is C16H20N2O3. The third-order valence-electron chi connectivity index (χ3n) is 4.21. The second kappa shape index (κ2) is 5.76. The molecule has 1 saturated carbocycles. The lowest BCUT2D eigenvalue weighted by Gasteiger charge is -2.32. The Labute approximate surface area is 123 Å². The monoisotopic (exact) mass is 288 g/mol. The average molecular weight is 288 g/mol. The van der Waals surface area contributed by atoms with Crippen LogP contribution in [0.1, 0.15) is 36.0 Å². The maximum atomic E-state index is 12.3. The van der Waals surface area contributed by atoms with E-state index in [1.54, 1.807) is 23.1 Å². The molecule has 112 valence electrons. The van der Waals surface area contributed by atoms with Gasteiger partial charge in [0.2, 0.25) is 5.91 Å². The normalized spacial score (nSPS) is 19.3. The number of carbonyl (C=O) groups is 2. The predicted octanol–water partition coefficient (Wildman–Crippen LogP) is 1.52. The molecule has 3 rings (SSSR count). The van der Waals surface area contributed by atoms with E-state index >= 15 is 0 Å². The molecule has 1 aromatic rings. The number of amides is 2. The minimum atomic E-state index is -0.139. The fraction of sp³-hybridized carbons (Fsp3) is 0.500. The van der Waals surface area contributed by atoms with Crippen molar-refractivity contribution in [2.24, 2.45) is 5.92 Å². The van der Waals surface area contributed by atoms with Crippen molar-refractivity contribution >= 4 is 11.8 Å². The third-order valence-corrected chi connectivity index (χ3v) is 4.21. The topological polar surface area (TPSA) is 69.6 Å². The minimum Gasteiger partial charge on any atom is -0.507 e. The fourth-order valence-electron chi connectivity index (χ4n) is 2.72. The van der Waals surface area contributed by atoms with Crippen molar-refractivity contribution in [3.8, 4) is 5.75 Å². The van der Waals surface area contributed by atoms with E-state index in [1.807, 2.05) is 0 Å². The molecule has 5 heteroatoms. The van der Waals surface area contributed by atoms with Crippen LogP contribution in [-0.2, 0) is 4.79 Å². The predicted molar refractivity (Wildman–Crippen MR) is 77.9 cm³/mol. The van der Waals surface area contributed by atoms with E-state index in [4.69, 9.17) is 0 Å². The van der Waals surface area contributed by atoms with Crippen LogP contribution < -0.4 is 5.32 Å². The Morgan fingerprint density at radius 1 is 1.10 bits per heavy atom. The van der Waals surface area contributed by atoms with E-state index < -0.39 is 0 Å². The van der Waals surface area contributed by atoms with Crippen LogP contribution in [0.5, 0.6) is 5.75 Å². The molecule has 1 heterocycles. The highest BCUT2D eigenvalue weighted by Gasteiger charge is 2.32. The molecule has 1 saturated heterocycles. The van der Waals surface area contributed by atoms with Crippen molar-refractivity contribution in [3.05, 3.63) is 29.8 Å². The first-order valence-corrected chi connectivity index (χ1v) is 7.53. The molecule has 0 bridgehead atoms. The summed E-state index contributed by atoms with van der Waals surface area (Å²) < 4.78 is 0. The SMILES string of the molecule is O=C(NC1CCN(C(=O)c2ccccc2O)CC1)C1CC1. The summed E-state index contributed by atoms with van der Waals surface area (Å²) in [4.78, 5) is 25.8. The number of nitrogens with zero attached hydrogens (tertiary/aromatic N) is 1. The zero-order valence-electron chi connectivity index (χ0n) is 11.9. The van der Waals surface area contributed by atoms with Crippen LogP contribution in [0.2, 0.25) is 0 Å². The number of hydrogen-bond acceptors (Lipinski definition) is 3. The van der Waals surface area contributed by atoms with E-state index in [2.05, 4.69) is 5.32 Å². The molecule has 2 fully saturated rings. The lowest BCUT2D eigenvalue weighted by atomic mass is 10.0. The summed E-state index contributed by atoms with van der Waals surface area (Å²) in [7, 11) is 0. The van der Waals surface area contributed by atoms with E-state index in [9.17, 15) is 14.7 Å². The molecule has 1 aliphatic carbocycles. The molecule has 2 amide bonds. The molecule has 0 atom stereocenters. The van der Waals surface area contributed by atoms with Gasteiger partial charge in [-0.15, -0.1) is 0 Å². The molecule has 0 aromatic heterocycles. The van der Waals surface area contributed by atoms with Gasteiger partial charge in [-0.05, 0) is 37.8 Å². The molecule has 1 aliphatic heterocycles. The van der Waals surface area contributed by atoms with E-state index in [1.165, 1.54) is 6.07 Å². The summed E-state index contributed by atoms with van der Waals surface area (Å²) in [6.45, 7) is 1.23. The van der Waals surface area contributed by atoms with E-state index in [0.717, 1.165) is 25.7 Å². The van der Waals surface area contributed by atoms with Crippen molar-refractivity contribution in [3.63, 3.8) is 0 Å². The van der Waals surface area contributed by atoms with Crippen LogP contribution in [-0.4, -0.2) is 41.0 Å². The first kappa shape index (κ1) is 13.9. The Hall–Kier alpha value is -2.04. The van der Waals surface area contributed by atoms with Crippen LogP contribution in [0.4, 0.5) is 0 Å². The molecule has 0 radical (unpaired) electrons. The maximum absolute atomic E-state index is 12.3. The van der Waals surface area contributed by atoms with E-state index in [0.29, 0.717) is 18.7 Å². The van der Waals surface area contributed by atoms with Gasteiger partial charge in [-0.1, -0.05) is 12.1 Å². The van der Waals surface area contributed by atoms with Gasteiger partial charge in [-0.2, -0.15) is 0 Å². The lowest BCUT2D eigenvalue weighted by molar-refractivity contribution is -0.123. The lowest BCUT2D eigenvalue weighted by Crippen LogP contribution is -2.46. The van der Waals surface area contributed by atoms with Crippen LogP contribution >= 0.6 is 0 Å². The van der Waals surface area contributed by atoms with Crippen molar-refractivity contribution in [1.82, 2.24) is 10.2 Å². The molecule has 0 spiro atoms. The number of nitrogens with one attached hydrogen (secondary N) is 1. The highest BCUT2D eigenvalue weighted by molar-refractivity contribution is 5.96. The fourth-order valence-corrected chi connectivity index (χ4v) is 2.72. The Kier molecular flexibility index (Phi) is 3.82. The van der Waals surface area contributed by atoms with Gasteiger partial charge in [-0.25, -0.2) is 0 Å². The number of aromatic hydroxyl groups is 1. The first-order chi connectivity index (χ1) is 10.1. The first-order valence-electron chi connectivity index (χ1n) is 7.53. The molecule has 0 unspecified atom stereocenters. The average Bonchev–Trinajstić information content (AvgIpc) is 3.32.